The summed E-state index contributed by atoms with van der Waals surface area (Å²) >= 11 is 0. The van der Waals surface area contributed by atoms with E-state index in [9.17, 15) is 9.90 Å². The van der Waals surface area contributed by atoms with Crippen LogP contribution in [0.1, 0.15) is 31.0 Å². The number of benzene rings is 1. The molecule has 2 unspecified atom stereocenters. The molecule has 4 heteroatoms. The molecule has 3 N–H and O–H groups in total. The lowest BCUT2D eigenvalue weighted by molar-refractivity contribution is 0.0799. The highest BCUT2D eigenvalue weighted by atomic mass is 16.3. The van der Waals surface area contributed by atoms with E-state index in [-0.39, 0.29) is 5.56 Å². The molecule has 0 fully saturated rings. The fourth-order valence-corrected chi connectivity index (χ4v) is 3.11. The van der Waals surface area contributed by atoms with Crippen molar-refractivity contribution in [2.24, 2.45) is 0 Å². The van der Waals surface area contributed by atoms with Gasteiger partial charge >= 0.3 is 0 Å². The molecule has 0 amide bonds. The molecule has 1 aromatic carbocycles. The lowest BCUT2D eigenvalue weighted by atomic mass is 9.84. The monoisotopic (exact) mass is 270 g/mol. The van der Waals surface area contributed by atoms with Crippen molar-refractivity contribution in [1.82, 2.24) is 4.57 Å². The average Bonchev–Trinajstić information content (AvgIpc) is 2.59. The minimum absolute atomic E-state index is 0.123. The molecule has 0 bridgehead atoms. The highest BCUT2D eigenvalue weighted by Crippen LogP contribution is 2.46. The summed E-state index contributed by atoms with van der Waals surface area (Å²) in [5.74, 6) is 0. The summed E-state index contributed by atoms with van der Waals surface area (Å²) in [7, 11) is 0. The Bertz CT molecular complexity index is 718. The lowest BCUT2D eigenvalue weighted by Gasteiger charge is -2.27. The van der Waals surface area contributed by atoms with Crippen molar-refractivity contribution < 1.29 is 5.11 Å². The Labute approximate surface area is 117 Å². The molecule has 0 radical (unpaired) electrons. The van der Waals surface area contributed by atoms with Crippen LogP contribution in [-0.2, 0) is 5.41 Å². The zero-order valence-electron chi connectivity index (χ0n) is 11.6. The average molecular weight is 270 g/mol. The molecule has 2 aromatic rings. The summed E-state index contributed by atoms with van der Waals surface area (Å²) in [6, 6.07) is 10.3. The molecule has 1 aromatic heterocycles. The van der Waals surface area contributed by atoms with Gasteiger partial charge < -0.3 is 15.4 Å². The number of fused-ring (bicyclic) bond motifs is 1. The Morgan fingerprint density at radius 3 is 2.70 bits per heavy atom. The van der Waals surface area contributed by atoms with Crippen LogP contribution < -0.4 is 11.3 Å². The predicted molar refractivity (Wildman–Crippen MR) is 78.7 cm³/mol. The Balaban J connectivity index is 2.26. The standard InChI is InChI=1S/C16H18N2O2/c1-16(2)12-7-6-10(17)9-11(12)14(15(16)20)18-8-4-3-5-13(18)19/h3-9,14-15,20H,17H2,1-2H3. The van der Waals surface area contributed by atoms with E-state index in [1.165, 1.54) is 6.07 Å². The topological polar surface area (TPSA) is 68.2 Å². The number of nitrogens with two attached hydrogens (primary N) is 1. The first kappa shape index (κ1) is 12.9. The number of rotatable bonds is 1. The molecule has 3 rings (SSSR count). The molecule has 1 aliphatic carbocycles. The first-order chi connectivity index (χ1) is 9.43. The molecule has 0 saturated carbocycles. The van der Waals surface area contributed by atoms with Crippen LogP contribution in [0.3, 0.4) is 0 Å². The van der Waals surface area contributed by atoms with Crippen molar-refractivity contribution in [3.63, 3.8) is 0 Å². The van der Waals surface area contributed by atoms with E-state index in [4.69, 9.17) is 5.73 Å². The fraction of sp³-hybridized carbons (Fsp3) is 0.312. The van der Waals surface area contributed by atoms with Gasteiger partial charge in [-0.3, -0.25) is 4.79 Å². The van der Waals surface area contributed by atoms with E-state index < -0.39 is 17.6 Å². The van der Waals surface area contributed by atoms with Crippen LogP contribution in [0.25, 0.3) is 0 Å². The minimum Gasteiger partial charge on any atom is -0.399 e. The number of nitrogens with zero attached hydrogens (tertiary/aromatic N) is 1. The molecule has 4 nitrogen and oxygen atoms in total. The Morgan fingerprint density at radius 2 is 2.00 bits per heavy atom. The van der Waals surface area contributed by atoms with Gasteiger partial charge in [0.05, 0.1) is 12.1 Å². The molecule has 0 saturated heterocycles. The summed E-state index contributed by atoms with van der Waals surface area (Å²) in [4.78, 5) is 12.1. The third kappa shape index (κ3) is 1.68. The molecular weight excluding hydrogens is 252 g/mol. The van der Waals surface area contributed by atoms with Crippen LogP contribution in [0.2, 0.25) is 0 Å². The smallest absolute Gasteiger partial charge is 0.251 e. The molecule has 0 spiro atoms. The zero-order chi connectivity index (χ0) is 14.5. The van der Waals surface area contributed by atoms with Gasteiger partial charge in [0.2, 0.25) is 0 Å². The maximum Gasteiger partial charge on any atom is 0.251 e. The number of aromatic nitrogens is 1. The Morgan fingerprint density at radius 1 is 1.25 bits per heavy atom. The van der Waals surface area contributed by atoms with Crippen LogP contribution in [-0.4, -0.2) is 15.8 Å². The third-order valence-electron chi connectivity index (χ3n) is 4.28. The largest absolute Gasteiger partial charge is 0.399 e. The number of anilines is 1. The van der Waals surface area contributed by atoms with E-state index in [0.717, 1.165) is 11.1 Å². The molecule has 2 atom stereocenters. The second-order valence-corrected chi connectivity index (χ2v) is 5.90. The van der Waals surface area contributed by atoms with Crippen molar-refractivity contribution in [3.8, 4) is 0 Å². The molecule has 0 aliphatic heterocycles. The van der Waals surface area contributed by atoms with Crippen LogP contribution in [0, 0.1) is 0 Å². The van der Waals surface area contributed by atoms with Gasteiger partial charge in [0.15, 0.2) is 0 Å². The van der Waals surface area contributed by atoms with Crippen LogP contribution in [0.15, 0.2) is 47.4 Å². The molecular formula is C16H18N2O2. The number of hydrogen-bond acceptors (Lipinski definition) is 3. The number of aliphatic hydroxyl groups excluding tert-OH is 1. The third-order valence-corrected chi connectivity index (χ3v) is 4.28. The van der Waals surface area contributed by atoms with Gasteiger partial charge in [0.1, 0.15) is 0 Å². The van der Waals surface area contributed by atoms with E-state index in [0.29, 0.717) is 5.69 Å². The van der Waals surface area contributed by atoms with Crippen LogP contribution in [0.5, 0.6) is 0 Å². The summed E-state index contributed by atoms with van der Waals surface area (Å²) in [6.45, 7) is 3.97. The lowest BCUT2D eigenvalue weighted by Crippen LogP contribution is -2.37. The second-order valence-electron chi connectivity index (χ2n) is 5.90. The van der Waals surface area contributed by atoms with Crippen molar-refractivity contribution in [3.05, 3.63) is 64.1 Å². The van der Waals surface area contributed by atoms with Gasteiger partial charge in [0, 0.05) is 23.4 Å². The van der Waals surface area contributed by atoms with E-state index in [1.54, 1.807) is 22.9 Å². The molecule has 104 valence electrons. The normalized spacial score (nSPS) is 23.6. The van der Waals surface area contributed by atoms with Gasteiger partial charge in [-0.25, -0.2) is 0 Å². The van der Waals surface area contributed by atoms with Crippen molar-refractivity contribution in [1.29, 1.82) is 0 Å². The summed E-state index contributed by atoms with van der Waals surface area (Å²) < 4.78 is 1.58. The Hall–Kier alpha value is -2.07. The first-order valence-corrected chi connectivity index (χ1v) is 6.68. The maximum atomic E-state index is 12.1. The van der Waals surface area contributed by atoms with Crippen LogP contribution >= 0.6 is 0 Å². The van der Waals surface area contributed by atoms with Crippen molar-refractivity contribution in [2.75, 3.05) is 5.73 Å². The predicted octanol–water partition coefficient (Wildman–Crippen LogP) is 1.67. The SMILES string of the molecule is CC1(C)c2ccc(N)cc2C(n2ccccc2=O)C1O. The quantitative estimate of drug-likeness (QED) is 0.775. The summed E-state index contributed by atoms with van der Waals surface area (Å²) in [6.07, 6.45) is 1.05. The molecule has 1 heterocycles. The van der Waals surface area contributed by atoms with Gasteiger partial charge in [-0.1, -0.05) is 26.0 Å². The van der Waals surface area contributed by atoms with Gasteiger partial charge in [0.25, 0.3) is 5.56 Å². The number of nitrogen functional groups attached to an aromatic ring is 1. The van der Waals surface area contributed by atoms with Crippen LogP contribution in [0.4, 0.5) is 5.69 Å². The van der Waals surface area contributed by atoms with Gasteiger partial charge in [-0.15, -0.1) is 0 Å². The van der Waals surface area contributed by atoms with Crippen molar-refractivity contribution in [2.45, 2.75) is 31.4 Å². The molecule has 1 aliphatic rings. The second kappa shape index (κ2) is 4.21. The summed E-state index contributed by atoms with van der Waals surface area (Å²) in [5.41, 5.74) is 7.95. The van der Waals surface area contributed by atoms with E-state index in [1.807, 2.05) is 32.0 Å². The number of pyridine rings is 1. The fourth-order valence-electron chi connectivity index (χ4n) is 3.11. The Kier molecular flexibility index (Phi) is 2.73. The highest BCUT2D eigenvalue weighted by molar-refractivity contribution is 5.52. The number of aliphatic hydroxyl groups is 1. The minimum atomic E-state index is -0.667. The van der Waals surface area contributed by atoms with E-state index in [2.05, 4.69) is 0 Å². The number of hydrogen-bond donors (Lipinski definition) is 2. The highest BCUT2D eigenvalue weighted by Gasteiger charge is 2.46. The maximum absolute atomic E-state index is 12.1. The van der Waals surface area contributed by atoms with Gasteiger partial charge in [-0.2, -0.15) is 0 Å². The first-order valence-electron chi connectivity index (χ1n) is 6.68. The van der Waals surface area contributed by atoms with Gasteiger partial charge in [-0.05, 0) is 29.3 Å². The van der Waals surface area contributed by atoms with Crippen molar-refractivity contribution >= 4 is 5.69 Å². The zero-order valence-corrected chi connectivity index (χ0v) is 11.6. The summed E-state index contributed by atoms with van der Waals surface area (Å²) in [5, 5.41) is 10.7. The van der Waals surface area contributed by atoms with E-state index >= 15 is 0 Å². The molecule has 20 heavy (non-hydrogen) atoms.